The second-order valence-corrected chi connectivity index (χ2v) is 7.83. The SMILES string of the molecule is Cc1ccc(CN(C(=O)CN2CCNCC2c2nccn2C)C2CC2)cc1. The molecule has 2 fully saturated rings. The molecule has 0 radical (unpaired) electrons. The molecule has 0 spiro atoms. The number of nitrogens with zero attached hydrogens (tertiary/aromatic N) is 4. The number of hydrogen-bond donors (Lipinski definition) is 1. The van der Waals surface area contributed by atoms with E-state index in [2.05, 4.69) is 55.9 Å². The summed E-state index contributed by atoms with van der Waals surface area (Å²) in [5.41, 5.74) is 2.46. The summed E-state index contributed by atoms with van der Waals surface area (Å²) in [6, 6.07) is 9.08. The summed E-state index contributed by atoms with van der Waals surface area (Å²) in [7, 11) is 2.02. The first kappa shape index (κ1) is 18.2. The minimum atomic E-state index is 0.142. The van der Waals surface area contributed by atoms with Crippen LogP contribution in [0.1, 0.15) is 35.8 Å². The quantitative estimate of drug-likeness (QED) is 0.847. The Balaban J connectivity index is 1.46. The molecular formula is C21H29N5O. The largest absolute Gasteiger partial charge is 0.337 e. The Bertz CT molecular complexity index is 780. The number of carbonyl (C=O) groups is 1. The van der Waals surface area contributed by atoms with E-state index in [1.165, 1.54) is 11.1 Å². The molecule has 4 rings (SSSR count). The van der Waals surface area contributed by atoms with Gasteiger partial charge in [-0.2, -0.15) is 0 Å². The van der Waals surface area contributed by atoms with E-state index in [0.717, 1.165) is 38.3 Å². The molecule has 6 nitrogen and oxygen atoms in total. The maximum atomic E-state index is 13.2. The van der Waals surface area contributed by atoms with E-state index in [1.807, 2.05) is 19.4 Å². The highest BCUT2D eigenvalue weighted by atomic mass is 16.2. The molecule has 27 heavy (non-hydrogen) atoms. The van der Waals surface area contributed by atoms with Crippen LogP contribution in [0.15, 0.2) is 36.7 Å². The van der Waals surface area contributed by atoms with Crippen molar-refractivity contribution < 1.29 is 4.79 Å². The average Bonchev–Trinajstić information content (AvgIpc) is 3.42. The summed E-state index contributed by atoms with van der Waals surface area (Å²) in [6.45, 7) is 5.88. The fourth-order valence-electron chi connectivity index (χ4n) is 3.85. The average molecular weight is 367 g/mol. The van der Waals surface area contributed by atoms with E-state index >= 15 is 0 Å². The number of piperazine rings is 1. The Morgan fingerprint density at radius 2 is 2.07 bits per heavy atom. The lowest BCUT2D eigenvalue weighted by molar-refractivity contribution is -0.134. The van der Waals surface area contributed by atoms with Crippen molar-refractivity contribution in [3.05, 3.63) is 53.6 Å². The topological polar surface area (TPSA) is 53.4 Å². The zero-order valence-electron chi connectivity index (χ0n) is 16.3. The monoisotopic (exact) mass is 367 g/mol. The molecule has 1 atom stereocenters. The first-order valence-electron chi connectivity index (χ1n) is 9.89. The summed E-state index contributed by atoms with van der Waals surface area (Å²) >= 11 is 0. The third-order valence-electron chi connectivity index (χ3n) is 5.63. The van der Waals surface area contributed by atoms with Crippen molar-refractivity contribution in [1.82, 2.24) is 24.7 Å². The molecule has 6 heteroatoms. The third-order valence-corrected chi connectivity index (χ3v) is 5.63. The summed E-state index contributed by atoms with van der Waals surface area (Å²) in [5.74, 6) is 1.26. The molecule has 2 heterocycles. The normalized spacial score (nSPS) is 20.6. The van der Waals surface area contributed by atoms with Crippen molar-refractivity contribution in [2.45, 2.75) is 38.4 Å². The predicted molar refractivity (Wildman–Crippen MR) is 105 cm³/mol. The molecule has 2 aliphatic rings. The minimum Gasteiger partial charge on any atom is -0.337 e. The molecule has 1 aliphatic carbocycles. The molecule has 144 valence electrons. The lowest BCUT2D eigenvalue weighted by atomic mass is 10.1. The van der Waals surface area contributed by atoms with Gasteiger partial charge in [-0.05, 0) is 25.3 Å². The molecule has 0 bridgehead atoms. The van der Waals surface area contributed by atoms with E-state index in [0.29, 0.717) is 19.1 Å². The number of aromatic nitrogens is 2. The number of imidazole rings is 1. The lowest BCUT2D eigenvalue weighted by Crippen LogP contribution is -2.51. The molecule has 1 saturated carbocycles. The van der Waals surface area contributed by atoms with Crippen LogP contribution in [0.3, 0.4) is 0 Å². The van der Waals surface area contributed by atoms with E-state index in [4.69, 9.17) is 0 Å². The lowest BCUT2D eigenvalue weighted by Gasteiger charge is -2.36. The van der Waals surface area contributed by atoms with Crippen LogP contribution in [-0.4, -0.2) is 57.5 Å². The van der Waals surface area contributed by atoms with Gasteiger partial charge in [0.2, 0.25) is 5.91 Å². The van der Waals surface area contributed by atoms with Crippen LogP contribution in [0.2, 0.25) is 0 Å². The van der Waals surface area contributed by atoms with Crippen LogP contribution in [0.4, 0.5) is 0 Å². The highest BCUT2D eigenvalue weighted by molar-refractivity contribution is 5.79. The molecular weight excluding hydrogens is 338 g/mol. The second kappa shape index (κ2) is 7.82. The zero-order chi connectivity index (χ0) is 18.8. The van der Waals surface area contributed by atoms with Crippen LogP contribution in [-0.2, 0) is 18.4 Å². The number of aryl methyl sites for hydroxylation is 2. The summed E-state index contributed by atoms with van der Waals surface area (Å²) in [5, 5.41) is 3.44. The molecule has 1 aromatic carbocycles. The van der Waals surface area contributed by atoms with Gasteiger partial charge in [-0.1, -0.05) is 29.8 Å². The van der Waals surface area contributed by atoms with Gasteiger partial charge >= 0.3 is 0 Å². The minimum absolute atomic E-state index is 0.142. The van der Waals surface area contributed by atoms with Gasteiger partial charge in [-0.3, -0.25) is 9.69 Å². The van der Waals surface area contributed by atoms with Crippen molar-refractivity contribution >= 4 is 5.91 Å². The Morgan fingerprint density at radius 1 is 1.30 bits per heavy atom. The first-order chi connectivity index (χ1) is 13.1. The van der Waals surface area contributed by atoms with Gasteiger partial charge in [0, 0.05) is 51.7 Å². The van der Waals surface area contributed by atoms with Gasteiger partial charge in [-0.15, -0.1) is 0 Å². The van der Waals surface area contributed by atoms with Crippen molar-refractivity contribution in [3.8, 4) is 0 Å². The zero-order valence-corrected chi connectivity index (χ0v) is 16.3. The number of nitrogens with one attached hydrogen (secondary N) is 1. The standard InChI is InChI=1S/C21H29N5O/c1-16-3-5-17(6-4-16)14-26(18-7-8-18)20(27)15-25-12-9-22-13-19(25)21-23-10-11-24(21)2/h3-6,10-11,18-19,22H,7-9,12-15H2,1-2H3. The number of hydrogen-bond acceptors (Lipinski definition) is 4. The first-order valence-corrected chi connectivity index (χ1v) is 9.89. The molecule has 1 aromatic heterocycles. The molecule has 1 amide bonds. The van der Waals surface area contributed by atoms with Gasteiger partial charge in [0.25, 0.3) is 0 Å². The summed E-state index contributed by atoms with van der Waals surface area (Å²) in [6.07, 6.45) is 6.06. The van der Waals surface area contributed by atoms with E-state index in [9.17, 15) is 4.79 Å². The molecule has 1 aliphatic heterocycles. The number of carbonyl (C=O) groups excluding carboxylic acids is 1. The fraction of sp³-hybridized carbons (Fsp3) is 0.524. The molecule has 2 aromatic rings. The highest BCUT2D eigenvalue weighted by Gasteiger charge is 2.35. The maximum absolute atomic E-state index is 13.2. The second-order valence-electron chi connectivity index (χ2n) is 7.83. The van der Waals surface area contributed by atoms with Crippen LogP contribution in [0.5, 0.6) is 0 Å². The van der Waals surface area contributed by atoms with Crippen molar-refractivity contribution in [1.29, 1.82) is 0 Å². The van der Waals surface area contributed by atoms with E-state index < -0.39 is 0 Å². The van der Waals surface area contributed by atoms with Gasteiger partial charge in [-0.25, -0.2) is 4.98 Å². The number of rotatable bonds is 6. The van der Waals surface area contributed by atoms with Gasteiger partial charge in [0.05, 0.1) is 12.6 Å². The van der Waals surface area contributed by atoms with Gasteiger partial charge in [0.15, 0.2) is 0 Å². The van der Waals surface area contributed by atoms with Crippen LogP contribution < -0.4 is 5.32 Å². The Kier molecular flexibility index (Phi) is 5.27. The van der Waals surface area contributed by atoms with Crippen LogP contribution in [0, 0.1) is 6.92 Å². The summed E-state index contributed by atoms with van der Waals surface area (Å²) < 4.78 is 2.06. The molecule has 1 unspecified atom stereocenters. The third kappa shape index (κ3) is 4.22. The van der Waals surface area contributed by atoms with Crippen molar-refractivity contribution in [2.75, 3.05) is 26.2 Å². The number of amides is 1. The summed E-state index contributed by atoms with van der Waals surface area (Å²) in [4.78, 5) is 22.1. The van der Waals surface area contributed by atoms with E-state index in [-0.39, 0.29) is 11.9 Å². The maximum Gasteiger partial charge on any atom is 0.237 e. The molecule has 1 saturated heterocycles. The molecule has 1 N–H and O–H groups in total. The Labute approximate surface area is 161 Å². The fourth-order valence-corrected chi connectivity index (χ4v) is 3.85. The van der Waals surface area contributed by atoms with Crippen LogP contribution >= 0.6 is 0 Å². The van der Waals surface area contributed by atoms with E-state index in [1.54, 1.807) is 0 Å². The number of benzene rings is 1. The van der Waals surface area contributed by atoms with Crippen LogP contribution in [0.25, 0.3) is 0 Å². The van der Waals surface area contributed by atoms with Gasteiger partial charge < -0.3 is 14.8 Å². The smallest absolute Gasteiger partial charge is 0.237 e. The van der Waals surface area contributed by atoms with Crippen molar-refractivity contribution in [3.63, 3.8) is 0 Å². The van der Waals surface area contributed by atoms with Crippen molar-refractivity contribution in [2.24, 2.45) is 7.05 Å². The highest BCUT2D eigenvalue weighted by Crippen LogP contribution is 2.29. The Morgan fingerprint density at radius 3 is 2.74 bits per heavy atom. The Hall–Kier alpha value is -2.18. The van der Waals surface area contributed by atoms with Gasteiger partial charge in [0.1, 0.15) is 5.82 Å². The predicted octanol–water partition coefficient (Wildman–Crippen LogP) is 1.87.